The number of amides is 1. The summed E-state index contributed by atoms with van der Waals surface area (Å²) in [6.45, 7) is 5.01. The summed E-state index contributed by atoms with van der Waals surface area (Å²) in [5.41, 5.74) is 0.00502. The number of rotatable bonds is 7. The van der Waals surface area contributed by atoms with Crippen molar-refractivity contribution in [1.82, 2.24) is 9.62 Å². The van der Waals surface area contributed by atoms with E-state index >= 15 is 0 Å². The summed E-state index contributed by atoms with van der Waals surface area (Å²) in [7, 11) is 0.265. The van der Waals surface area contributed by atoms with Gasteiger partial charge in [0.25, 0.3) is 5.91 Å². The van der Waals surface area contributed by atoms with Gasteiger partial charge >= 0.3 is 5.97 Å². The van der Waals surface area contributed by atoms with E-state index in [2.05, 4.69) is 5.32 Å². The third kappa shape index (κ3) is 5.17. The molecule has 1 aromatic carbocycles. The van der Waals surface area contributed by atoms with Gasteiger partial charge in [-0.2, -0.15) is 0 Å². The molecule has 1 aromatic rings. The molecule has 0 aromatic heterocycles. The SMILES string of the molecule is COc1ccc(C(=O)O[C@H](C)C(=O)NC(C)C)cc1S(=O)(=O)N(C)C. The maximum atomic E-state index is 12.4. The fourth-order valence-corrected chi connectivity index (χ4v) is 2.96. The number of methoxy groups -OCH3 is 1. The van der Waals surface area contributed by atoms with Gasteiger partial charge in [-0.15, -0.1) is 0 Å². The molecule has 1 amide bonds. The van der Waals surface area contributed by atoms with Crippen molar-refractivity contribution in [1.29, 1.82) is 0 Å². The molecule has 0 saturated carbocycles. The predicted octanol–water partition coefficient (Wildman–Crippen LogP) is 1.02. The van der Waals surface area contributed by atoms with Gasteiger partial charge in [-0.3, -0.25) is 4.79 Å². The molecule has 0 fully saturated rings. The maximum absolute atomic E-state index is 12.4. The van der Waals surface area contributed by atoms with Crippen LogP contribution < -0.4 is 10.1 Å². The molecule has 0 aliphatic heterocycles. The summed E-state index contributed by atoms with van der Waals surface area (Å²) in [5, 5.41) is 2.63. The first kappa shape index (κ1) is 20.9. The second-order valence-corrected chi connectivity index (χ2v) is 7.98. The van der Waals surface area contributed by atoms with E-state index in [1.807, 2.05) is 0 Å². The van der Waals surface area contributed by atoms with Gasteiger partial charge in [-0.1, -0.05) is 0 Å². The summed E-state index contributed by atoms with van der Waals surface area (Å²) < 4.78 is 35.9. The monoisotopic (exact) mass is 372 g/mol. The molecule has 8 nitrogen and oxygen atoms in total. The van der Waals surface area contributed by atoms with Crippen molar-refractivity contribution in [3.8, 4) is 5.75 Å². The summed E-state index contributed by atoms with van der Waals surface area (Å²) in [6.07, 6.45) is -1.01. The Balaban J connectivity index is 3.11. The van der Waals surface area contributed by atoms with E-state index in [4.69, 9.17) is 9.47 Å². The molecule has 9 heteroatoms. The Kier molecular flexibility index (Phi) is 6.95. The molecule has 0 aliphatic carbocycles. The van der Waals surface area contributed by atoms with Crippen LogP contribution in [0.3, 0.4) is 0 Å². The molecule has 0 bridgehead atoms. The number of sulfonamides is 1. The van der Waals surface area contributed by atoms with E-state index < -0.39 is 28.0 Å². The van der Waals surface area contributed by atoms with Crippen LogP contribution in [-0.4, -0.2) is 58.0 Å². The molecule has 140 valence electrons. The highest BCUT2D eigenvalue weighted by Gasteiger charge is 2.25. The van der Waals surface area contributed by atoms with Crippen LogP contribution in [0.25, 0.3) is 0 Å². The number of carbonyl (C=O) groups excluding carboxylic acids is 2. The molecule has 1 N–H and O–H groups in total. The zero-order chi connectivity index (χ0) is 19.4. The number of nitrogens with one attached hydrogen (secondary N) is 1. The van der Waals surface area contributed by atoms with Crippen LogP contribution in [-0.2, 0) is 19.6 Å². The van der Waals surface area contributed by atoms with Crippen LogP contribution in [0.4, 0.5) is 0 Å². The number of hydrogen-bond acceptors (Lipinski definition) is 6. The Morgan fingerprint density at radius 1 is 1.16 bits per heavy atom. The van der Waals surface area contributed by atoms with Crippen LogP contribution in [0.5, 0.6) is 5.75 Å². The van der Waals surface area contributed by atoms with E-state index in [0.717, 1.165) is 4.31 Å². The highest BCUT2D eigenvalue weighted by atomic mass is 32.2. The second-order valence-electron chi connectivity index (χ2n) is 5.86. The molecule has 0 unspecified atom stereocenters. The van der Waals surface area contributed by atoms with Crippen molar-refractivity contribution in [3.63, 3.8) is 0 Å². The van der Waals surface area contributed by atoms with Gasteiger partial charge < -0.3 is 14.8 Å². The lowest BCUT2D eigenvalue weighted by Crippen LogP contribution is -2.39. The molecule has 0 aliphatic rings. The minimum absolute atomic E-state index is 0.00502. The van der Waals surface area contributed by atoms with Gasteiger partial charge in [0.2, 0.25) is 10.0 Å². The number of hydrogen-bond donors (Lipinski definition) is 1. The molecule has 0 radical (unpaired) electrons. The van der Waals surface area contributed by atoms with Crippen LogP contribution in [0.15, 0.2) is 23.1 Å². The normalized spacial score (nSPS) is 12.8. The van der Waals surface area contributed by atoms with Crippen LogP contribution in [0, 0.1) is 0 Å². The number of nitrogens with zero attached hydrogens (tertiary/aromatic N) is 1. The summed E-state index contributed by atoms with van der Waals surface area (Å²) in [4.78, 5) is 23.9. The van der Waals surface area contributed by atoms with Crippen molar-refractivity contribution in [2.75, 3.05) is 21.2 Å². The number of ether oxygens (including phenoxy) is 2. The largest absolute Gasteiger partial charge is 0.495 e. The zero-order valence-electron chi connectivity index (χ0n) is 15.2. The Labute approximate surface area is 148 Å². The number of benzene rings is 1. The van der Waals surface area contributed by atoms with Crippen LogP contribution >= 0.6 is 0 Å². The molecule has 0 heterocycles. The van der Waals surface area contributed by atoms with Crippen molar-refractivity contribution in [3.05, 3.63) is 23.8 Å². The molecule has 0 saturated heterocycles. The second kappa shape index (κ2) is 8.30. The van der Waals surface area contributed by atoms with Gasteiger partial charge in [-0.25, -0.2) is 17.5 Å². The maximum Gasteiger partial charge on any atom is 0.338 e. The highest BCUT2D eigenvalue weighted by molar-refractivity contribution is 7.89. The molecule has 1 rings (SSSR count). The standard InChI is InChI=1S/C16H24N2O6S/c1-10(2)17-15(19)11(3)24-16(20)12-7-8-13(23-6)14(9-12)25(21,22)18(4)5/h7-11H,1-6H3,(H,17,19)/t11-/m1/s1. The van der Waals surface area contributed by atoms with E-state index in [9.17, 15) is 18.0 Å². The number of carbonyl (C=O) groups is 2. The van der Waals surface area contributed by atoms with Crippen molar-refractivity contribution in [2.45, 2.75) is 37.8 Å². The van der Waals surface area contributed by atoms with Gasteiger partial charge in [-0.05, 0) is 39.0 Å². The molecule has 1 atom stereocenters. The Morgan fingerprint density at radius 3 is 2.24 bits per heavy atom. The summed E-state index contributed by atoms with van der Waals surface area (Å²) >= 11 is 0. The first-order valence-electron chi connectivity index (χ1n) is 7.62. The molecular formula is C16H24N2O6S. The van der Waals surface area contributed by atoms with Gasteiger partial charge in [0, 0.05) is 20.1 Å². The Bertz CT molecular complexity index is 743. The quantitative estimate of drug-likeness (QED) is 0.717. The van der Waals surface area contributed by atoms with Crippen LogP contribution in [0.2, 0.25) is 0 Å². The lowest BCUT2D eigenvalue weighted by atomic mass is 10.2. The Morgan fingerprint density at radius 2 is 1.76 bits per heavy atom. The van der Waals surface area contributed by atoms with Gasteiger partial charge in [0.05, 0.1) is 12.7 Å². The molecule has 25 heavy (non-hydrogen) atoms. The highest BCUT2D eigenvalue weighted by Crippen LogP contribution is 2.27. The molecular weight excluding hydrogens is 348 g/mol. The lowest BCUT2D eigenvalue weighted by molar-refractivity contribution is -0.129. The van der Waals surface area contributed by atoms with E-state index in [1.165, 1.54) is 46.3 Å². The third-order valence-corrected chi connectivity index (χ3v) is 5.08. The van der Waals surface area contributed by atoms with Crippen molar-refractivity contribution < 1.29 is 27.5 Å². The molecule has 0 spiro atoms. The third-order valence-electron chi connectivity index (χ3n) is 3.24. The summed E-state index contributed by atoms with van der Waals surface area (Å²) in [6, 6.07) is 3.82. The van der Waals surface area contributed by atoms with E-state index in [-0.39, 0.29) is 22.3 Å². The number of esters is 1. The summed E-state index contributed by atoms with van der Waals surface area (Å²) in [5.74, 6) is -1.13. The first-order valence-corrected chi connectivity index (χ1v) is 9.06. The average molecular weight is 372 g/mol. The van der Waals surface area contributed by atoms with Crippen molar-refractivity contribution in [2.24, 2.45) is 0 Å². The van der Waals surface area contributed by atoms with Gasteiger partial charge in [0.15, 0.2) is 6.10 Å². The van der Waals surface area contributed by atoms with Gasteiger partial charge in [0.1, 0.15) is 10.6 Å². The van der Waals surface area contributed by atoms with E-state index in [1.54, 1.807) is 13.8 Å². The van der Waals surface area contributed by atoms with E-state index in [0.29, 0.717) is 0 Å². The minimum atomic E-state index is -3.82. The van der Waals surface area contributed by atoms with Crippen LogP contribution in [0.1, 0.15) is 31.1 Å². The zero-order valence-corrected chi connectivity index (χ0v) is 16.0. The minimum Gasteiger partial charge on any atom is -0.495 e. The fourth-order valence-electron chi connectivity index (χ4n) is 1.89. The topological polar surface area (TPSA) is 102 Å². The average Bonchev–Trinajstić information content (AvgIpc) is 2.53. The Hall–Kier alpha value is -2.13. The van der Waals surface area contributed by atoms with Crippen molar-refractivity contribution >= 4 is 21.9 Å². The smallest absolute Gasteiger partial charge is 0.338 e. The lowest BCUT2D eigenvalue weighted by Gasteiger charge is -2.17. The predicted molar refractivity (Wildman–Crippen MR) is 92.0 cm³/mol. The first-order chi connectivity index (χ1) is 11.5. The fraction of sp³-hybridized carbons (Fsp3) is 0.500.